The maximum absolute atomic E-state index is 10.7. The number of hydrogen-bond acceptors (Lipinski definition) is 3. The molecular formula is C12H11N3O3. The zero-order valence-corrected chi connectivity index (χ0v) is 9.43. The SMILES string of the molecule is O=C(O)Cc1[nH]ncc1Cc1cc2cc[nH]c2o1. The molecule has 3 aromatic rings. The molecule has 0 fully saturated rings. The molecule has 3 aromatic heterocycles. The van der Waals surface area contributed by atoms with E-state index in [0.717, 1.165) is 22.4 Å². The highest BCUT2D eigenvalue weighted by molar-refractivity contribution is 5.74. The molecule has 0 saturated carbocycles. The second-order valence-corrected chi connectivity index (χ2v) is 4.10. The van der Waals surface area contributed by atoms with E-state index >= 15 is 0 Å². The number of carboxylic acid groups (broad SMARTS) is 1. The first kappa shape index (κ1) is 10.6. The second-order valence-electron chi connectivity index (χ2n) is 4.10. The lowest BCUT2D eigenvalue weighted by Gasteiger charge is -1.97. The Bertz CT molecular complexity index is 664. The number of furan rings is 1. The Kier molecular flexibility index (Phi) is 2.40. The van der Waals surface area contributed by atoms with Crippen LogP contribution in [0.4, 0.5) is 0 Å². The number of aromatic nitrogens is 3. The molecule has 6 heteroatoms. The molecular weight excluding hydrogens is 234 g/mol. The van der Waals surface area contributed by atoms with Crippen LogP contribution in [0.25, 0.3) is 11.1 Å². The fourth-order valence-corrected chi connectivity index (χ4v) is 1.97. The van der Waals surface area contributed by atoms with Crippen LogP contribution in [0.1, 0.15) is 17.0 Å². The number of carbonyl (C=O) groups is 1. The van der Waals surface area contributed by atoms with Gasteiger partial charge in [0.05, 0.1) is 12.6 Å². The van der Waals surface area contributed by atoms with Crippen molar-refractivity contribution in [3.05, 3.63) is 41.5 Å². The molecule has 3 rings (SSSR count). The molecule has 0 aliphatic rings. The molecule has 0 amide bonds. The molecule has 0 aliphatic carbocycles. The Morgan fingerprint density at radius 1 is 1.50 bits per heavy atom. The maximum Gasteiger partial charge on any atom is 0.309 e. The molecule has 0 aromatic carbocycles. The number of carboxylic acids is 1. The third kappa shape index (κ3) is 1.88. The zero-order valence-electron chi connectivity index (χ0n) is 9.43. The minimum atomic E-state index is -0.882. The molecule has 0 radical (unpaired) electrons. The first-order chi connectivity index (χ1) is 8.72. The molecule has 3 heterocycles. The first-order valence-electron chi connectivity index (χ1n) is 5.51. The highest BCUT2D eigenvalue weighted by Gasteiger charge is 2.12. The van der Waals surface area contributed by atoms with Crippen molar-refractivity contribution in [3.8, 4) is 0 Å². The highest BCUT2D eigenvalue weighted by atomic mass is 16.4. The minimum Gasteiger partial charge on any atom is -0.481 e. The number of rotatable bonds is 4. The molecule has 18 heavy (non-hydrogen) atoms. The molecule has 0 bridgehead atoms. The monoisotopic (exact) mass is 245 g/mol. The van der Waals surface area contributed by atoms with Crippen LogP contribution in [-0.2, 0) is 17.6 Å². The largest absolute Gasteiger partial charge is 0.481 e. The van der Waals surface area contributed by atoms with Crippen LogP contribution >= 0.6 is 0 Å². The van der Waals surface area contributed by atoms with Gasteiger partial charge in [-0.1, -0.05) is 0 Å². The quantitative estimate of drug-likeness (QED) is 0.652. The Labute approximate surface area is 102 Å². The predicted molar refractivity (Wildman–Crippen MR) is 63.3 cm³/mol. The summed E-state index contributed by atoms with van der Waals surface area (Å²) in [5, 5.41) is 16.4. The minimum absolute atomic E-state index is 0.0616. The average Bonchev–Trinajstić information content (AvgIpc) is 2.94. The van der Waals surface area contributed by atoms with E-state index in [4.69, 9.17) is 9.52 Å². The van der Waals surface area contributed by atoms with Crippen molar-refractivity contribution in [1.82, 2.24) is 15.2 Å². The van der Waals surface area contributed by atoms with Crippen LogP contribution in [0.5, 0.6) is 0 Å². The molecule has 0 aliphatic heterocycles. The Hall–Kier alpha value is -2.50. The number of aliphatic carboxylic acids is 1. The van der Waals surface area contributed by atoms with E-state index in [2.05, 4.69) is 15.2 Å². The van der Waals surface area contributed by atoms with Gasteiger partial charge in [0, 0.05) is 29.3 Å². The van der Waals surface area contributed by atoms with E-state index < -0.39 is 5.97 Å². The third-order valence-corrected chi connectivity index (χ3v) is 2.79. The summed E-state index contributed by atoms with van der Waals surface area (Å²) < 4.78 is 5.60. The van der Waals surface area contributed by atoms with Gasteiger partial charge >= 0.3 is 5.97 Å². The van der Waals surface area contributed by atoms with Crippen molar-refractivity contribution in [2.75, 3.05) is 0 Å². The summed E-state index contributed by atoms with van der Waals surface area (Å²) in [6.07, 6.45) is 3.91. The third-order valence-electron chi connectivity index (χ3n) is 2.79. The van der Waals surface area contributed by atoms with Gasteiger partial charge in [-0.05, 0) is 12.1 Å². The summed E-state index contributed by atoms with van der Waals surface area (Å²) >= 11 is 0. The van der Waals surface area contributed by atoms with Crippen LogP contribution < -0.4 is 0 Å². The summed E-state index contributed by atoms with van der Waals surface area (Å²) in [6.45, 7) is 0. The molecule has 0 atom stereocenters. The van der Waals surface area contributed by atoms with E-state index in [1.54, 1.807) is 6.20 Å². The van der Waals surface area contributed by atoms with E-state index in [-0.39, 0.29) is 6.42 Å². The van der Waals surface area contributed by atoms with Crippen molar-refractivity contribution < 1.29 is 14.3 Å². The number of hydrogen-bond donors (Lipinski definition) is 3. The van der Waals surface area contributed by atoms with Gasteiger partial charge in [-0.25, -0.2) is 0 Å². The molecule has 0 spiro atoms. The van der Waals surface area contributed by atoms with Gasteiger partial charge < -0.3 is 14.5 Å². The first-order valence-corrected chi connectivity index (χ1v) is 5.51. The topological polar surface area (TPSA) is 94.9 Å². The predicted octanol–water partition coefficient (Wildman–Crippen LogP) is 1.70. The Morgan fingerprint density at radius 3 is 3.17 bits per heavy atom. The molecule has 92 valence electrons. The summed E-state index contributed by atoms with van der Waals surface area (Å²) in [5.41, 5.74) is 2.18. The van der Waals surface area contributed by atoms with Crippen molar-refractivity contribution in [2.24, 2.45) is 0 Å². The fraction of sp³-hybridized carbons (Fsp3) is 0.167. The van der Waals surface area contributed by atoms with Crippen LogP contribution in [0, 0.1) is 0 Å². The summed E-state index contributed by atoms with van der Waals surface area (Å²) in [7, 11) is 0. The summed E-state index contributed by atoms with van der Waals surface area (Å²) in [5.74, 6) is -0.100. The standard InChI is InChI=1S/C12H11N3O3/c16-11(17)5-10-8(6-14-15-10)4-9-3-7-1-2-13-12(7)18-9/h1-3,6,13H,4-5H2,(H,14,15)(H,16,17). The number of H-pyrrole nitrogens is 2. The van der Waals surface area contributed by atoms with Crippen LogP contribution in [0.3, 0.4) is 0 Å². The number of fused-ring (bicyclic) bond motifs is 1. The van der Waals surface area contributed by atoms with E-state index in [1.807, 2.05) is 18.3 Å². The molecule has 3 N–H and O–H groups in total. The van der Waals surface area contributed by atoms with E-state index in [9.17, 15) is 4.79 Å². The van der Waals surface area contributed by atoms with E-state index in [0.29, 0.717) is 12.1 Å². The van der Waals surface area contributed by atoms with Crippen molar-refractivity contribution in [1.29, 1.82) is 0 Å². The van der Waals surface area contributed by atoms with Gasteiger partial charge in [-0.15, -0.1) is 0 Å². The number of nitrogens with one attached hydrogen (secondary N) is 2. The normalized spacial score (nSPS) is 11.1. The van der Waals surface area contributed by atoms with Crippen LogP contribution in [0.2, 0.25) is 0 Å². The second kappa shape index (κ2) is 4.06. The van der Waals surface area contributed by atoms with Gasteiger partial charge in [0.1, 0.15) is 5.76 Å². The molecule has 6 nitrogen and oxygen atoms in total. The van der Waals surface area contributed by atoms with Gasteiger partial charge in [0.15, 0.2) is 0 Å². The summed E-state index contributed by atoms with van der Waals surface area (Å²) in [4.78, 5) is 13.7. The lowest BCUT2D eigenvalue weighted by atomic mass is 10.1. The van der Waals surface area contributed by atoms with Crippen molar-refractivity contribution in [3.63, 3.8) is 0 Å². The summed E-state index contributed by atoms with van der Waals surface area (Å²) in [6, 6.07) is 3.86. The highest BCUT2D eigenvalue weighted by Crippen LogP contribution is 2.21. The lowest BCUT2D eigenvalue weighted by Crippen LogP contribution is -2.03. The molecule has 0 unspecified atom stereocenters. The average molecular weight is 245 g/mol. The van der Waals surface area contributed by atoms with E-state index in [1.165, 1.54) is 0 Å². The van der Waals surface area contributed by atoms with Crippen molar-refractivity contribution in [2.45, 2.75) is 12.8 Å². The molecule has 0 saturated heterocycles. The number of nitrogens with zero attached hydrogens (tertiary/aromatic N) is 1. The van der Waals surface area contributed by atoms with Gasteiger partial charge in [0.2, 0.25) is 5.71 Å². The lowest BCUT2D eigenvalue weighted by molar-refractivity contribution is -0.136. The zero-order chi connectivity index (χ0) is 12.5. The smallest absolute Gasteiger partial charge is 0.309 e. The Morgan fingerprint density at radius 2 is 2.39 bits per heavy atom. The number of aromatic amines is 2. The Balaban J connectivity index is 1.86. The van der Waals surface area contributed by atoms with Crippen molar-refractivity contribution >= 4 is 17.1 Å². The van der Waals surface area contributed by atoms with Crippen LogP contribution in [0.15, 0.2) is 28.9 Å². The van der Waals surface area contributed by atoms with Gasteiger partial charge in [0.25, 0.3) is 0 Å². The van der Waals surface area contributed by atoms with Crippen LogP contribution in [-0.4, -0.2) is 26.3 Å². The fourth-order valence-electron chi connectivity index (χ4n) is 1.97. The maximum atomic E-state index is 10.7. The van der Waals surface area contributed by atoms with Gasteiger partial charge in [-0.2, -0.15) is 5.10 Å². The van der Waals surface area contributed by atoms with Gasteiger partial charge in [-0.3, -0.25) is 9.89 Å².